The quantitative estimate of drug-likeness (QED) is 0.832. The third-order valence-corrected chi connectivity index (χ3v) is 5.19. The minimum Gasteiger partial charge on any atom is -0.298 e. The zero-order valence-electron chi connectivity index (χ0n) is 12.8. The van der Waals surface area contributed by atoms with Crippen LogP contribution in [0.2, 0.25) is 0 Å². The molecule has 1 heterocycles. The van der Waals surface area contributed by atoms with Gasteiger partial charge in [-0.2, -0.15) is 0 Å². The average molecular weight is 272 g/mol. The van der Waals surface area contributed by atoms with Gasteiger partial charge in [0.15, 0.2) is 0 Å². The van der Waals surface area contributed by atoms with Crippen molar-refractivity contribution in [3.63, 3.8) is 0 Å². The Hall–Kier alpha value is -0.860. The van der Waals surface area contributed by atoms with E-state index in [1.807, 2.05) is 0 Å². The van der Waals surface area contributed by atoms with Crippen LogP contribution in [0.3, 0.4) is 0 Å². The van der Waals surface area contributed by atoms with Crippen LogP contribution >= 0.6 is 0 Å². The Kier molecular flexibility index (Phi) is 4.74. The summed E-state index contributed by atoms with van der Waals surface area (Å²) in [5.41, 5.74) is 1.45. The summed E-state index contributed by atoms with van der Waals surface area (Å²) in [6, 6.07) is 11.8. The second-order valence-corrected chi connectivity index (χ2v) is 6.63. The lowest BCUT2D eigenvalue weighted by Crippen LogP contribution is -2.52. The first-order valence-corrected chi connectivity index (χ1v) is 8.33. The summed E-state index contributed by atoms with van der Waals surface area (Å²) in [6.45, 7) is 8.58. The van der Waals surface area contributed by atoms with Crippen molar-refractivity contribution in [1.82, 2.24) is 9.80 Å². The number of piperazine rings is 1. The van der Waals surface area contributed by atoms with E-state index in [4.69, 9.17) is 0 Å². The van der Waals surface area contributed by atoms with Crippen molar-refractivity contribution in [3.8, 4) is 0 Å². The van der Waals surface area contributed by atoms with Gasteiger partial charge in [-0.25, -0.2) is 0 Å². The first-order chi connectivity index (χ1) is 9.83. The van der Waals surface area contributed by atoms with Gasteiger partial charge in [0.05, 0.1) is 0 Å². The van der Waals surface area contributed by atoms with Crippen LogP contribution in [0.15, 0.2) is 30.3 Å². The van der Waals surface area contributed by atoms with Gasteiger partial charge >= 0.3 is 0 Å². The van der Waals surface area contributed by atoms with Gasteiger partial charge in [-0.05, 0) is 24.3 Å². The molecule has 0 N–H and O–H groups in total. The van der Waals surface area contributed by atoms with Crippen molar-refractivity contribution in [2.24, 2.45) is 5.92 Å². The van der Waals surface area contributed by atoms with E-state index in [2.05, 4.69) is 47.1 Å². The van der Waals surface area contributed by atoms with Gasteiger partial charge in [0.25, 0.3) is 0 Å². The monoisotopic (exact) mass is 272 g/mol. The fourth-order valence-electron chi connectivity index (χ4n) is 3.93. The highest BCUT2D eigenvalue weighted by Crippen LogP contribution is 2.28. The molecule has 0 spiro atoms. The molecule has 1 aliphatic heterocycles. The fourth-order valence-corrected chi connectivity index (χ4v) is 3.93. The molecule has 2 aliphatic rings. The molecule has 20 heavy (non-hydrogen) atoms. The van der Waals surface area contributed by atoms with Crippen LogP contribution in [0.1, 0.15) is 38.2 Å². The molecule has 0 aromatic heterocycles. The number of benzene rings is 1. The molecule has 0 bridgehead atoms. The Bertz CT molecular complexity index is 395. The van der Waals surface area contributed by atoms with Crippen LogP contribution in [0, 0.1) is 5.92 Å². The lowest BCUT2D eigenvalue weighted by molar-refractivity contribution is 0.0518. The van der Waals surface area contributed by atoms with Crippen molar-refractivity contribution in [2.45, 2.75) is 45.2 Å². The Labute approximate surface area is 123 Å². The Morgan fingerprint density at radius 3 is 2.35 bits per heavy atom. The van der Waals surface area contributed by atoms with Gasteiger partial charge in [0.2, 0.25) is 0 Å². The van der Waals surface area contributed by atoms with Crippen LogP contribution < -0.4 is 0 Å². The molecule has 0 unspecified atom stereocenters. The smallest absolute Gasteiger partial charge is 0.0234 e. The van der Waals surface area contributed by atoms with Crippen molar-refractivity contribution in [1.29, 1.82) is 0 Å². The number of nitrogens with zero attached hydrogens (tertiary/aromatic N) is 2. The Morgan fingerprint density at radius 2 is 1.65 bits per heavy atom. The number of hydrogen-bond acceptors (Lipinski definition) is 2. The van der Waals surface area contributed by atoms with Gasteiger partial charge in [-0.1, -0.05) is 50.1 Å². The predicted molar refractivity (Wildman–Crippen MR) is 84.7 cm³/mol. The third-order valence-electron chi connectivity index (χ3n) is 5.19. The normalized spacial score (nSPS) is 29.4. The zero-order chi connectivity index (χ0) is 13.8. The average Bonchev–Trinajstić information content (AvgIpc) is 2.50. The molecular weight excluding hydrogens is 244 g/mol. The van der Waals surface area contributed by atoms with Crippen LogP contribution in [-0.2, 0) is 6.54 Å². The number of rotatable bonds is 3. The molecule has 1 aliphatic carbocycles. The zero-order valence-corrected chi connectivity index (χ0v) is 12.8. The maximum absolute atomic E-state index is 2.77. The van der Waals surface area contributed by atoms with E-state index >= 15 is 0 Å². The van der Waals surface area contributed by atoms with Crippen molar-refractivity contribution in [3.05, 3.63) is 35.9 Å². The molecule has 3 rings (SSSR count). The summed E-state index contributed by atoms with van der Waals surface area (Å²) >= 11 is 0. The standard InChI is InChI=1S/C18H28N2/c1-16-7-5-6-10-18(16)20-13-11-19(12-14-20)15-17-8-3-2-4-9-17/h2-4,8-9,16,18H,5-7,10-15H2,1H3/t16-,18-/m1/s1. The van der Waals surface area contributed by atoms with Gasteiger partial charge in [0.1, 0.15) is 0 Å². The van der Waals surface area contributed by atoms with E-state index in [-0.39, 0.29) is 0 Å². The van der Waals surface area contributed by atoms with Crippen LogP contribution in [0.5, 0.6) is 0 Å². The Morgan fingerprint density at radius 1 is 0.950 bits per heavy atom. The molecule has 110 valence electrons. The minimum atomic E-state index is 0.864. The van der Waals surface area contributed by atoms with Gasteiger partial charge in [-0.3, -0.25) is 9.80 Å². The van der Waals surface area contributed by atoms with E-state index < -0.39 is 0 Å². The lowest BCUT2D eigenvalue weighted by Gasteiger charge is -2.43. The van der Waals surface area contributed by atoms with Crippen molar-refractivity contribution >= 4 is 0 Å². The Balaban J connectivity index is 1.49. The fraction of sp³-hybridized carbons (Fsp3) is 0.667. The molecule has 0 amide bonds. The molecule has 1 aromatic carbocycles. The second kappa shape index (κ2) is 6.73. The highest BCUT2D eigenvalue weighted by atomic mass is 15.3. The van der Waals surface area contributed by atoms with Crippen LogP contribution in [0.4, 0.5) is 0 Å². The van der Waals surface area contributed by atoms with Gasteiger partial charge < -0.3 is 0 Å². The third kappa shape index (κ3) is 3.42. The SMILES string of the molecule is C[C@@H]1CCCC[C@H]1N1CCN(Cc2ccccc2)CC1. The summed E-state index contributed by atoms with van der Waals surface area (Å²) in [5.74, 6) is 0.907. The minimum absolute atomic E-state index is 0.864. The highest BCUT2D eigenvalue weighted by molar-refractivity contribution is 5.14. The molecule has 1 aromatic rings. The molecule has 2 atom stereocenters. The first kappa shape index (κ1) is 14.1. The summed E-state index contributed by atoms with van der Waals surface area (Å²) in [5, 5.41) is 0. The van der Waals surface area contributed by atoms with Crippen molar-refractivity contribution < 1.29 is 0 Å². The summed E-state index contributed by atoms with van der Waals surface area (Å²) < 4.78 is 0. The van der Waals surface area contributed by atoms with E-state index in [9.17, 15) is 0 Å². The van der Waals surface area contributed by atoms with Gasteiger partial charge in [-0.15, -0.1) is 0 Å². The topological polar surface area (TPSA) is 6.48 Å². The molecule has 1 saturated carbocycles. The van der Waals surface area contributed by atoms with Crippen LogP contribution in [0.25, 0.3) is 0 Å². The van der Waals surface area contributed by atoms with E-state index in [1.54, 1.807) is 0 Å². The maximum Gasteiger partial charge on any atom is 0.0234 e. The van der Waals surface area contributed by atoms with E-state index in [1.165, 1.54) is 57.4 Å². The lowest BCUT2D eigenvalue weighted by atomic mass is 9.84. The van der Waals surface area contributed by atoms with Crippen molar-refractivity contribution in [2.75, 3.05) is 26.2 Å². The van der Waals surface area contributed by atoms with Gasteiger partial charge in [0, 0.05) is 38.8 Å². The molecule has 0 radical (unpaired) electrons. The molecule has 2 heteroatoms. The highest BCUT2D eigenvalue weighted by Gasteiger charge is 2.29. The summed E-state index contributed by atoms with van der Waals surface area (Å²) in [4.78, 5) is 5.38. The second-order valence-electron chi connectivity index (χ2n) is 6.63. The van der Waals surface area contributed by atoms with Crippen LogP contribution in [-0.4, -0.2) is 42.0 Å². The van der Waals surface area contributed by atoms with E-state index in [0.29, 0.717) is 0 Å². The maximum atomic E-state index is 2.77. The molecule has 2 nitrogen and oxygen atoms in total. The molecular formula is C18H28N2. The first-order valence-electron chi connectivity index (χ1n) is 8.33. The largest absolute Gasteiger partial charge is 0.298 e. The summed E-state index contributed by atoms with van der Waals surface area (Å²) in [6.07, 6.45) is 5.76. The molecule has 2 fully saturated rings. The number of hydrogen-bond donors (Lipinski definition) is 0. The predicted octanol–water partition coefficient (Wildman–Crippen LogP) is 3.38. The molecule has 1 saturated heterocycles. The summed E-state index contributed by atoms with van der Waals surface area (Å²) in [7, 11) is 0. The van der Waals surface area contributed by atoms with E-state index in [0.717, 1.165) is 18.5 Å².